The van der Waals surface area contributed by atoms with Gasteiger partial charge in [0, 0.05) is 5.02 Å². The van der Waals surface area contributed by atoms with Crippen LogP contribution in [0.5, 0.6) is 0 Å². The molecule has 0 radical (unpaired) electrons. The first-order chi connectivity index (χ1) is 16.2. The van der Waals surface area contributed by atoms with Crippen LogP contribution in [0.1, 0.15) is 27.8 Å². The Hall–Kier alpha value is -3.61. The van der Waals surface area contributed by atoms with E-state index in [9.17, 15) is 0 Å². The lowest BCUT2D eigenvalue weighted by Crippen LogP contribution is -2.25. The van der Waals surface area contributed by atoms with E-state index in [4.69, 9.17) is 11.6 Å². The number of hydrogen-bond donors (Lipinski definition) is 0. The van der Waals surface area contributed by atoms with Gasteiger partial charge in [-0.15, -0.1) is 0 Å². The minimum absolute atomic E-state index is 0.304. The molecule has 2 aliphatic rings. The average molecular weight is 441 g/mol. The smallest absolute Gasteiger partial charge is 0.0725 e. The third-order valence-corrected chi connectivity index (χ3v) is 7.75. The Morgan fingerprint density at radius 3 is 1.67 bits per heavy atom. The molecule has 156 valence electrons. The molecule has 33 heavy (non-hydrogen) atoms. The lowest BCUT2D eigenvalue weighted by atomic mass is 9.70. The van der Waals surface area contributed by atoms with Crippen molar-refractivity contribution in [1.82, 2.24) is 0 Å². The van der Waals surface area contributed by atoms with E-state index in [2.05, 4.69) is 110 Å². The van der Waals surface area contributed by atoms with Crippen molar-refractivity contribution in [3.05, 3.63) is 142 Å². The minimum Gasteiger partial charge on any atom is -0.0843 e. The van der Waals surface area contributed by atoms with E-state index in [1.807, 2.05) is 6.07 Å². The van der Waals surface area contributed by atoms with Crippen molar-refractivity contribution >= 4 is 11.6 Å². The molecule has 2 aliphatic carbocycles. The van der Waals surface area contributed by atoms with Crippen LogP contribution >= 0.6 is 11.6 Å². The highest BCUT2D eigenvalue weighted by Crippen LogP contribution is 2.63. The number of benzene rings is 5. The summed E-state index contributed by atoms with van der Waals surface area (Å²) in [7, 11) is 0. The second kappa shape index (κ2) is 6.70. The molecular formula is C32H21Cl. The molecule has 0 saturated heterocycles. The molecule has 5 aromatic carbocycles. The second-order valence-electron chi connectivity index (χ2n) is 9.07. The molecule has 0 bridgehead atoms. The highest BCUT2D eigenvalue weighted by molar-refractivity contribution is 6.31. The lowest BCUT2D eigenvalue weighted by molar-refractivity contribution is 0.794. The Morgan fingerprint density at radius 1 is 0.485 bits per heavy atom. The van der Waals surface area contributed by atoms with E-state index in [1.165, 1.54) is 61.2 Å². The lowest BCUT2D eigenvalue weighted by Gasteiger charge is -2.30. The van der Waals surface area contributed by atoms with E-state index < -0.39 is 0 Å². The molecule has 0 atom stereocenters. The van der Waals surface area contributed by atoms with Crippen molar-refractivity contribution in [2.75, 3.05) is 0 Å². The minimum atomic E-state index is -0.304. The van der Waals surface area contributed by atoms with Gasteiger partial charge in [0.25, 0.3) is 0 Å². The van der Waals surface area contributed by atoms with Gasteiger partial charge in [-0.25, -0.2) is 0 Å². The van der Waals surface area contributed by atoms with Gasteiger partial charge in [0.05, 0.1) is 5.41 Å². The molecule has 0 fully saturated rings. The maximum absolute atomic E-state index is 6.47. The second-order valence-corrected chi connectivity index (χ2v) is 9.51. The van der Waals surface area contributed by atoms with Crippen LogP contribution in [0.3, 0.4) is 0 Å². The Labute approximate surface area is 199 Å². The van der Waals surface area contributed by atoms with Crippen LogP contribution in [-0.2, 0) is 5.41 Å². The largest absolute Gasteiger partial charge is 0.0843 e. The summed E-state index contributed by atoms with van der Waals surface area (Å²) in [5.41, 5.74) is 14.2. The van der Waals surface area contributed by atoms with Crippen LogP contribution in [0.15, 0.2) is 109 Å². The molecular weight excluding hydrogens is 420 g/mol. The summed E-state index contributed by atoms with van der Waals surface area (Å²) in [6, 6.07) is 39.8. The summed E-state index contributed by atoms with van der Waals surface area (Å²) in [5, 5.41) is 0.769. The van der Waals surface area contributed by atoms with Crippen molar-refractivity contribution < 1.29 is 0 Å². The van der Waals surface area contributed by atoms with Gasteiger partial charge in [0.1, 0.15) is 0 Å². The van der Waals surface area contributed by atoms with E-state index in [0.29, 0.717) is 0 Å². The van der Waals surface area contributed by atoms with Gasteiger partial charge >= 0.3 is 0 Å². The van der Waals surface area contributed by atoms with Crippen molar-refractivity contribution in [3.63, 3.8) is 0 Å². The SMILES string of the molecule is Cc1ccc(Cl)cc1-c1cccc2c1-c1ccccc1C21c2ccccc2-c2ccccc21. The third kappa shape index (κ3) is 2.32. The van der Waals surface area contributed by atoms with Gasteiger partial charge in [-0.3, -0.25) is 0 Å². The molecule has 1 heteroatoms. The zero-order valence-electron chi connectivity index (χ0n) is 18.3. The Balaban J connectivity index is 1.67. The van der Waals surface area contributed by atoms with Crippen molar-refractivity contribution in [2.45, 2.75) is 12.3 Å². The average Bonchev–Trinajstić information content (AvgIpc) is 3.33. The van der Waals surface area contributed by atoms with E-state index in [-0.39, 0.29) is 5.41 Å². The van der Waals surface area contributed by atoms with Gasteiger partial charge in [-0.1, -0.05) is 109 Å². The van der Waals surface area contributed by atoms with Crippen LogP contribution < -0.4 is 0 Å². The number of hydrogen-bond acceptors (Lipinski definition) is 0. The Bertz CT molecular complexity index is 1550. The molecule has 0 aromatic heterocycles. The molecule has 0 saturated carbocycles. The third-order valence-electron chi connectivity index (χ3n) is 7.51. The fourth-order valence-electron chi connectivity index (χ4n) is 6.25. The molecule has 1 spiro atoms. The Morgan fingerprint density at radius 2 is 1.00 bits per heavy atom. The van der Waals surface area contributed by atoms with Crippen LogP contribution in [0, 0.1) is 6.92 Å². The summed E-state index contributed by atoms with van der Waals surface area (Å²) >= 11 is 6.47. The summed E-state index contributed by atoms with van der Waals surface area (Å²) in [5.74, 6) is 0. The zero-order chi connectivity index (χ0) is 22.2. The normalized spacial score (nSPS) is 14.0. The molecule has 0 aliphatic heterocycles. The summed E-state index contributed by atoms with van der Waals surface area (Å²) in [6.07, 6.45) is 0. The highest BCUT2D eigenvalue weighted by Gasteiger charge is 2.51. The van der Waals surface area contributed by atoms with Crippen LogP contribution in [0.25, 0.3) is 33.4 Å². The molecule has 0 N–H and O–H groups in total. The van der Waals surface area contributed by atoms with Gasteiger partial charge < -0.3 is 0 Å². The number of aryl methyl sites for hydroxylation is 1. The monoisotopic (exact) mass is 440 g/mol. The summed E-state index contributed by atoms with van der Waals surface area (Å²) in [6.45, 7) is 2.17. The quantitative estimate of drug-likeness (QED) is 0.239. The van der Waals surface area contributed by atoms with Gasteiger partial charge in [0.15, 0.2) is 0 Å². The highest BCUT2D eigenvalue weighted by atomic mass is 35.5. The molecule has 0 nitrogen and oxygen atoms in total. The van der Waals surface area contributed by atoms with Crippen molar-refractivity contribution in [2.24, 2.45) is 0 Å². The first kappa shape index (κ1) is 18.9. The number of rotatable bonds is 1. The number of halogens is 1. The zero-order valence-corrected chi connectivity index (χ0v) is 19.0. The molecule has 5 aromatic rings. The van der Waals surface area contributed by atoms with Crippen molar-refractivity contribution in [1.29, 1.82) is 0 Å². The van der Waals surface area contributed by atoms with Crippen molar-refractivity contribution in [3.8, 4) is 33.4 Å². The maximum atomic E-state index is 6.47. The Kier molecular flexibility index (Phi) is 3.84. The van der Waals surface area contributed by atoms with E-state index in [1.54, 1.807) is 0 Å². The number of fused-ring (bicyclic) bond motifs is 10. The standard InChI is InChI=1S/C32H21Cl/c1-20-17-18-21(33)19-26(20)24-12-8-16-30-31(24)25-11-4-7-15-29(25)32(30)27-13-5-2-9-22(27)23-10-3-6-14-28(23)32/h2-19H,1H3. The molecule has 7 rings (SSSR count). The molecule has 0 unspecified atom stereocenters. The van der Waals surface area contributed by atoms with Gasteiger partial charge in [-0.05, 0) is 80.3 Å². The van der Waals surface area contributed by atoms with Gasteiger partial charge in [-0.2, -0.15) is 0 Å². The summed E-state index contributed by atoms with van der Waals surface area (Å²) in [4.78, 5) is 0. The predicted molar refractivity (Wildman–Crippen MR) is 138 cm³/mol. The fraction of sp³-hybridized carbons (Fsp3) is 0.0625. The van der Waals surface area contributed by atoms with Crippen LogP contribution in [-0.4, -0.2) is 0 Å². The molecule has 0 amide bonds. The fourth-order valence-corrected chi connectivity index (χ4v) is 6.42. The van der Waals surface area contributed by atoms with Gasteiger partial charge in [0.2, 0.25) is 0 Å². The first-order valence-corrected chi connectivity index (χ1v) is 11.8. The first-order valence-electron chi connectivity index (χ1n) is 11.4. The topological polar surface area (TPSA) is 0 Å². The van der Waals surface area contributed by atoms with E-state index >= 15 is 0 Å². The van der Waals surface area contributed by atoms with E-state index in [0.717, 1.165) is 5.02 Å². The summed E-state index contributed by atoms with van der Waals surface area (Å²) < 4.78 is 0. The van der Waals surface area contributed by atoms with Crippen LogP contribution in [0.4, 0.5) is 0 Å². The van der Waals surface area contributed by atoms with Crippen LogP contribution in [0.2, 0.25) is 5.02 Å². The molecule has 0 heterocycles. The predicted octanol–water partition coefficient (Wildman–Crippen LogP) is 8.66. The maximum Gasteiger partial charge on any atom is 0.0725 e.